The first-order chi connectivity index (χ1) is 13.3. The minimum atomic E-state index is 0.439. The number of imidazole rings is 1. The molecule has 0 saturated carbocycles. The van der Waals surface area contributed by atoms with E-state index in [2.05, 4.69) is 59.2 Å². The van der Waals surface area contributed by atoms with Gasteiger partial charge in [-0.25, -0.2) is 4.98 Å². The molecule has 0 aliphatic carbocycles. The summed E-state index contributed by atoms with van der Waals surface area (Å²) < 4.78 is 2.09. The lowest BCUT2D eigenvalue weighted by atomic mass is 9.80. The Morgan fingerprint density at radius 1 is 0.964 bits per heavy atom. The van der Waals surface area contributed by atoms with Crippen LogP contribution in [0.4, 0.5) is 5.69 Å². The van der Waals surface area contributed by atoms with Crippen molar-refractivity contribution in [1.82, 2.24) is 19.4 Å². The summed E-state index contributed by atoms with van der Waals surface area (Å²) >= 11 is 0. The molecule has 0 aromatic carbocycles. The third-order valence-corrected chi connectivity index (χ3v) is 6.99. The molecule has 1 atom stereocenters. The van der Waals surface area contributed by atoms with Crippen molar-refractivity contribution in [3.63, 3.8) is 0 Å². The van der Waals surface area contributed by atoms with E-state index in [0.717, 1.165) is 42.3 Å². The van der Waals surface area contributed by atoms with Crippen LogP contribution in [0.2, 0.25) is 0 Å². The molecule has 0 radical (unpaired) electrons. The zero-order valence-corrected chi connectivity index (χ0v) is 18.1. The lowest BCUT2D eigenvalue weighted by molar-refractivity contribution is 0.174. The maximum absolute atomic E-state index is 4.70. The van der Waals surface area contributed by atoms with Crippen LogP contribution < -0.4 is 4.90 Å². The first-order valence-electron chi connectivity index (χ1n) is 10.8. The fourth-order valence-electron chi connectivity index (χ4n) is 4.75. The summed E-state index contributed by atoms with van der Waals surface area (Å²) in [4.78, 5) is 14.4. The highest BCUT2D eigenvalue weighted by Gasteiger charge is 2.35. The topological polar surface area (TPSA) is 37.2 Å². The molecular formula is C23H35N5. The molecule has 152 valence electrons. The summed E-state index contributed by atoms with van der Waals surface area (Å²) in [5, 5.41) is 0. The fourth-order valence-corrected chi connectivity index (χ4v) is 4.75. The van der Waals surface area contributed by atoms with Crippen LogP contribution in [0.5, 0.6) is 0 Å². The second kappa shape index (κ2) is 7.51. The molecule has 1 unspecified atom stereocenters. The second-order valence-electron chi connectivity index (χ2n) is 9.75. The molecule has 5 heteroatoms. The smallest absolute Gasteiger partial charge is 0.158 e. The van der Waals surface area contributed by atoms with Crippen LogP contribution in [-0.4, -0.2) is 51.7 Å². The van der Waals surface area contributed by atoms with E-state index in [0.29, 0.717) is 5.41 Å². The van der Waals surface area contributed by atoms with Crippen LogP contribution in [-0.2, 0) is 7.05 Å². The van der Waals surface area contributed by atoms with Crippen molar-refractivity contribution >= 4 is 5.69 Å². The van der Waals surface area contributed by atoms with Gasteiger partial charge >= 0.3 is 0 Å². The van der Waals surface area contributed by atoms with Gasteiger partial charge in [-0.15, -0.1) is 0 Å². The monoisotopic (exact) mass is 381 g/mol. The van der Waals surface area contributed by atoms with Crippen LogP contribution in [0.1, 0.15) is 45.7 Å². The van der Waals surface area contributed by atoms with Gasteiger partial charge < -0.3 is 9.47 Å². The largest absolute Gasteiger partial charge is 0.370 e. The van der Waals surface area contributed by atoms with Gasteiger partial charge in [0.15, 0.2) is 5.82 Å². The van der Waals surface area contributed by atoms with E-state index in [1.54, 1.807) is 0 Å². The lowest BCUT2D eigenvalue weighted by Crippen LogP contribution is -2.44. The molecule has 4 heterocycles. The van der Waals surface area contributed by atoms with Crippen molar-refractivity contribution in [2.24, 2.45) is 18.4 Å². The summed E-state index contributed by atoms with van der Waals surface area (Å²) in [6, 6.07) is 5.07. The lowest BCUT2D eigenvalue weighted by Gasteiger charge is -2.38. The number of rotatable bonds is 3. The molecule has 0 amide bonds. The molecule has 2 saturated heterocycles. The quantitative estimate of drug-likeness (QED) is 0.801. The summed E-state index contributed by atoms with van der Waals surface area (Å²) in [5.74, 6) is 1.78. The summed E-state index contributed by atoms with van der Waals surface area (Å²) in [7, 11) is 2.04. The highest BCUT2D eigenvalue weighted by atomic mass is 15.2. The Hall–Kier alpha value is -1.88. The Morgan fingerprint density at radius 3 is 2.25 bits per heavy atom. The van der Waals surface area contributed by atoms with Crippen LogP contribution in [0, 0.1) is 18.3 Å². The molecule has 4 rings (SSSR count). The van der Waals surface area contributed by atoms with Crippen LogP contribution in [0.15, 0.2) is 24.5 Å². The second-order valence-corrected chi connectivity index (χ2v) is 9.75. The van der Waals surface area contributed by atoms with E-state index in [1.807, 2.05) is 19.4 Å². The minimum Gasteiger partial charge on any atom is -0.370 e. The molecule has 2 aromatic rings. The number of hydrogen-bond acceptors (Lipinski definition) is 4. The number of piperidine rings is 1. The molecule has 2 aliphatic heterocycles. The van der Waals surface area contributed by atoms with E-state index >= 15 is 0 Å². The Labute approximate surface area is 169 Å². The van der Waals surface area contributed by atoms with Crippen molar-refractivity contribution in [2.75, 3.05) is 31.1 Å². The molecule has 0 bridgehead atoms. The normalized spacial score (nSPS) is 22.2. The number of pyridine rings is 1. The maximum atomic E-state index is 4.70. The molecule has 5 nitrogen and oxygen atoms in total. The van der Waals surface area contributed by atoms with Crippen molar-refractivity contribution in [3.8, 4) is 11.5 Å². The molecule has 28 heavy (non-hydrogen) atoms. The zero-order chi connectivity index (χ0) is 19.9. The van der Waals surface area contributed by atoms with Crippen molar-refractivity contribution in [3.05, 3.63) is 30.2 Å². The predicted octanol–water partition coefficient (Wildman–Crippen LogP) is 4.13. The Kier molecular flexibility index (Phi) is 5.21. The SMILES string of the molecule is Cc1cnc(-c2ccc(N3CCC(N4CCC(C(C)(C)C)C4)CC3)cn2)n1C. The third kappa shape index (κ3) is 3.82. The number of aromatic nitrogens is 3. The van der Waals surface area contributed by atoms with Gasteiger partial charge in [-0.05, 0) is 56.2 Å². The van der Waals surface area contributed by atoms with E-state index < -0.39 is 0 Å². The van der Waals surface area contributed by atoms with E-state index in [4.69, 9.17) is 4.98 Å². The minimum absolute atomic E-state index is 0.439. The van der Waals surface area contributed by atoms with E-state index in [1.165, 1.54) is 38.0 Å². The van der Waals surface area contributed by atoms with Gasteiger partial charge in [-0.3, -0.25) is 9.88 Å². The molecule has 2 aromatic heterocycles. The predicted molar refractivity (Wildman–Crippen MR) is 116 cm³/mol. The van der Waals surface area contributed by atoms with Crippen LogP contribution in [0.3, 0.4) is 0 Å². The average Bonchev–Trinajstić information content (AvgIpc) is 3.30. The number of anilines is 1. The van der Waals surface area contributed by atoms with E-state index in [-0.39, 0.29) is 0 Å². The molecular weight excluding hydrogens is 346 g/mol. The summed E-state index contributed by atoms with van der Waals surface area (Å²) in [6.45, 7) is 14.1. The van der Waals surface area contributed by atoms with Gasteiger partial charge in [-0.1, -0.05) is 20.8 Å². The van der Waals surface area contributed by atoms with Gasteiger partial charge in [0, 0.05) is 44.6 Å². The van der Waals surface area contributed by atoms with Crippen molar-refractivity contribution < 1.29 is 0 Å². The molecule has 2 aliphatic rings. The van der Waals surface area contributed by atoms with Gasteiger partial charge in [0.2, 0.25) is 0 Å². The van der Waals surface area contributed by atoms with E-state index in [9.17, 15) is 0 Å². The molecule has 0 spiro atoms. The fraction of sp³-hybridized carbons (Fsp3) is 0.652. The standard InChI is InChI=1S/C23H35N5/c1-17-14-25-22(26(17)5)21-7-6-20(15-24-21)27-12-9-19(10-13-27)28-11-8-18(16-28)23(2,3)4/h6-7,14-15,18-19H,8-13,16H2,1-5H3. The number of nitrogens with zero attached hydrogens (tertiary/aromatic N) is 5. The number of hydrogen-bond donors (Lipinski definition) is 0. The molecule has 2 fully saturated rings. The zero-order valence-electron chi connectivity index (χ0n) is 18.1. The molecule has 0 N–H and O–H groups in total. The Morgan fingerprint density at radius 2 is 1.71 bits per heavy atom. The van der Waals surface area contributed by atoms with Crippen molar-refractivity contribution in [2.45, 2.75) is 53.0 Å². The third-order valence-electron chi connectivity index (χ3n) is 6.99. The first-order valence-corrected chi connectivity index (χ1v) is 10.8. The van der Waals surface area contributed by atoms with Gasteiger partial charge in [0.05, 0.1) is 11.9 Å². The van der Waals surface area contributed by atoms with Gasteiger partial charge in [0.1, 0.15) is 5.69 Å². The van der Waals surface area contributed by atoms with Crippen LogP contribution >= 0.6 is 0 Å². The Balaban J connectivity index is 1.35. The van der Waals surface area contributed by atoms with Gasteiger partial charge in [-0.2, -0.15) is 0 Å². The summed E-state index contributed by atoms with van der Waals surface area (Å²) in [5.41, 5.74) is 3.77. The highest BCUT2D eigenvalue weighted by molar-refractivity contribution is 5.55. The number of likely N-dealkylation sites (tertiary alicyclic amines) is 1. The summed E-state index contributed by atoms with van der Waals surface area (Å²) in [6.07, 6.45) is 7.81. The number of aryl methyl sites for hydroxylation is 1. The average molecular weight is 382 g/mol. The van der Waals surface area contributed by atoms with Crippen LogP contribution in [0.25, 0.3) is 11.5 Å². The maximum Gasteiger partial charge on any atom is 0.158 e. The first kappa shape index (κ1) is 19.4. The Bertz CT molecular complexity index is 793. The van der Waals surface area contributed by atoms with Crippen molar-refractivity contribution in [1.29, 1.82) is 0 Å². The highest BCUT2D eigenvalue weighted by Crippen LogP contribution is 2.36. The van der Waals surface area contributed by atoms with Gasteiger partial charge in [0.25, 0.3) is 0 Å².